The van der Waals surface area contributed by atoms with Crippen molar-refractivity contribution < 1.29 is 4.74 Å². The van der Waals surface area contributed by atoms with Crippen LogP contribution in [0.15, 0.2) is 23.2 Å². The Morgan fingerprint density at radius 3 is 2.65 bits per heavy atom. The molecule has 1 saturated heterocycles. The lowest BCUT2D eigenvalue weighted by molar-refractivity contribution is 0.224. The van der Waals surface area contributed by atoms with Gasteiger partial charge in [-0.05, 0) is 63.9 Å². The Labute approximate surface area is 159 Å². The highest BCUT2D eigenvalue weighted by atomic mass is 16.5. The number of likely N-dealkylation sites (tertiary alicyclic amines) is 1. The number of piperidine rings is 1. The largest absolute Gasteiger partial charge is 0.496 e. The highest BCUT2D eigenvalue weighted by Crippen LogP contribution is 2.19. The number of aliphatic imine (C=N–C) groups is 1. The third-order valence-electron chi connectivity index (χ3n) is 5.00. The molecule has 1 aliphatic heterocycles. The Bertz CT molecular complexity index is 553. The van der Waals surface area contributed by atoms with Gasteiger partial charge in [0.1, 0.15) is 5.75 Å². The first-order valence-corrected chi connectivity index (χ1v) is 10.0. The van der Waals surface area contributed by atoms with Crippen LogP contribution in [0.4, 0.5) is 0 Å². The molecule has 1 heterocycles. The molecule has 0 unspecified atom stereocenters. The number of hydrogen-bond donors (Lipinski definition) is 2. The van der Waals surface area contributed by atoms with Gasteiger partial charge in [0.25, 0.3) is 0 Å². The van der Waals surface area contributed by atoms with Gasteiger partial charge in [-0.2, -0.15) is 0 Å². The van der Waals surface area contributed by atoms with E-state index in [1.165, 1.54) is 63.7 Å². The number of unbranched alkanes of at least 4 members (excludes halogenated alkanes) is 2. The number of hydrogen-bond acceptors (Lipinski definition) is 3. The summed E-state index contributed by atoms with van der Waals surface area (Å²) >= 11 is 0. The number of nitrogens with zero attached hydrogens (tertiary/aromatic N) is 2. The average molecular weight is 361 g/mol. The molecule has 1 fully saturated rings. The van der Waals surface area contributed by atoms with Gasteiger partial charge in [-0.1, -0.05) is 25.0 Å². The lowest BCUT2D eigenvalue weighted by Gasteiger charge is -2.26. The van der Waals surface area contributed by atoms with Crippen LogP contribution in [0.5, 0.6) is 5.75 Å². The van der Waals surface area contributed by atoms with Crippen molar-refractivity contribution in [1.82, 2.24) is 15.5 Å². The molecule has 2 rings (SSSR count). The van der Waals surface area contributed by atoms with Crippen LogP contribution in [-0.4, -0.2) is 51.2 Å². The van der Waals surface area contributed by atoms with Gasteiger partial charge in [0.15, 0.2) is 5.96 Å². The molecule has 5 nitrogen and oxygen atoms in total. The number of guanidine groups is 1. The van der Waals surface area contributed by atoms with Crippen LogP contribution in [0.3, 0.4) is 0 Å². The fourth-order valence-electron chi connectivity index (χ4n) is 3.42. The van der Waals surface area contributed by atoms with Gasteiger partial charge in [0, 0.05) is 25.7 Å². The zero-order valence-electron chi connectivity index (χ0n) is 16.8. The maximum atomic E-state index is 5.46. The van der Waals surface area contributed by atoms with Gasteiger partial charge in [0.2, 0.25) is 0 Å². The van der Waals surface area contributed by atoms with Crippen molar-refractivity contribution in [1.29, 1.82) is 0 Å². The summed E-state index contributed by atoms with van der Waals surface area (Å²) in [6.45, 7) is 7.61. The molecular weight excluding hydrogens is 324 g/mol. The number of nitrogens with one attached hydrogen (secondary N) is 2. The lowest BCUT2D eigenvalue weighted by Crippen LogP contribution is -2.37. The van der Waals surface area contributed by atoms with Crippen molar-refractivity contribution in [3.63, 3.8) is 0 Å². The molecule has 5 heteroatoms. The van der Waals surface area contributed by atoms with Crippen LogP contribution in [0, 0.1) is 6.92 Å². The average Bonchev–Trinajstić information content (AvgIpc) is 2.68. The number of aryl methyl sites for hydroxylation is 1. The Hall–Kier alpha value is -1.75. The van der Waals surface area contributed by atoms with Gasteiger partial charge >= 0.3 is 0 Å². The predicted octanol–water partition coefficient (Wildman–Crippen LogP) is 3.32. The first-order valence-electron chi connectivity index (χ1n) is 10.0. The van der Waals surface area contributed by atoms with E-state index >= 15 is 0 Å². The highest BCUT2D eigenvalue weighted by molar-refractivity contribution is 5.79. The fourth-order valence-corrected chi connectivity index (χ4v) is 3.42. The second-order valence-electron chi connectivity index (χ2n) is 7.13. The maximum absolute atomic E-state index is 5.46. The molecule has 0 aromatic heterocycles. The number of methoxy groups -OCH3 is 1. The summed E-state index contributed by atoms with van der Waals surface area (Å²) in [6.07, 6.45) is 7.94. The van der Waals surface area contributed by atoms with Crippen LogP contribution in [0.1, 0.15) is 49.7 Å². The Balaban J connectivity index is 1.60. The maximum Gasteiger partial charge on any atom is 0.191 e. The summed E-state index contributed by atoms with van der Waals surface area (Å²) in [5, 5.41) is 6.78. The molecule has 0 spiro atoms. The minimum absolute atomic E-state index is 0.706. The second-order valence-corrected chi connectivity index (χ2v) is 7.13. The highest BCUT2D eigenvalue weighted by Gasteiger charge is 2.09. The van der Waals surface area contributed by atoms with Crippen LogP contribution in [-0.2, 0) is 6.54 Å². The quantitative estimate of drug-likeness (QED) is 0.403. The molecule has 146 valence electrons. The minimum Gasteiger partial charge on any atom is -0.496 e. The van der Waals surface area contributed by atoms with E-state index in [1.807, 2.05) is 7.05 Å². The normalized spacial score (nSPS) is 15.7. The smallest absolute Gasteiger partial charge is 0.191 e. The molecule has 1 aliphatic rings. The van der Waals surface area contributed by atoms with E-state index in [0.29, 0.717) is 6.54 Å². The van der Waals surface area contributed by atoms with Gasteiger partial charge < -0.3 is 20.3 Å². The number of ether oxygens (including phenoxy) is 1. The molecule has 0 bridgehead atoms. The van der Waals surface area contributed by atoms with E-state index < -0.39 is 0 Å². The molecule has 0 amide bonds. The van der Waals surface area contributed by atoms with Gasteiger partial charge in [0.05, 0.1) is 7.11 Å². The van der Waals surface area contributed by atoms with Crippen molar-refractivity contribution in [3.8, 4) is 5.75 Å². The van der Waals surface area contributed by atoms with Crippen molar-refractivity contribution in [2.75, 3.05) is 40.3 Å². The van der Waals surface area contributed by atoms with Crippen molar-refractivity contribution in [2.45, 2.75) is 52.0 Å². The summed E-state index contributed by atoms with van der Waals surface area (Å²) in [6, 6.07) is 6.28. The standard InChI is InChI=1S/C21H36N4O/c1-18-10-11-19(20(16-18)26-3)17-24-21(22-2)23-12-6-4-7-13-25-14-8-5-9-15-25/h10-11,16H,4-9,12-15,17H2,1-3H3,(H2,22,23,24). The van der Waals surface area contributed by atoms with E-state index in [-0.39, 0.29) is 0 Å². The summed E-state index contributed by atoms with van der Waals surface area (Å²) in [5.74, 6) is 1.77. The van der Waals surface area contributed by atoms with Crippen molar-refractivity contribution in [3.05, 3.63) is 29.3 Å². The predicted molar refractivity (Wildman–Crippen MR) is 110 cm³/mol. The molecule has 1 aromatic rings. The topological polar surface area (TPSA) is 48.9 Å². The Kier molecular flexibility index (Phi) is 9.32. The van der Waals surface area contributed by atoms with Gasteiger partial charge in [-0.3, -0.25) is 4.99 Å². The summed E-state index contributed by atoms with van der Waals surface area (Å²) in [5.41, 5.74) is 2.35. The first kappa shape index (κ1) is 20.6. The molecule has 1 aromatic carbocycles. The van der Waals surface area contributed by atoms with E-state index in [0.717, 1.165) is 23.8 Å². The summed E-state index contributed by atoms with van der Waals surface area (Å²) < 4.78 is 5.46. The van der Waals surface area contributed by atoms with Crippen LogP contribution in [0.25, 0.3) is 0 Å². The molecular formula is C21H36N4O. The van der Waals surface area contributed by atoms with Crippen molar-refractivity contribution in [2.24, 2.45) is 4.99 Å². The van der Waals surface area contributed by atoms with Crippen molar-refractivity contribution >= 4 is 5.96 Å². The second kappa shape index (κ2) is 11.8. The van der Waals surface area contributed by atoms with Crippen LogP contribution in [0.2, 0.25) is 0 Å². The minimum atomic E-state index is 0.706. The van der Waals surface area contributed by atoms with Gasteiger partial charge in [-0.25, -0.2) is 0 Å². The third kappa shape index (κ3) is 7.24. The fraction of sp³-hybridized carbons (Fsp3) is 0.667. The Morgan fingerprint density at radius 1 is 1.12 bits per heavy atom. The van der Waals surface area contributed by atoms with E-state index in [1.54, 1.807) is 7.11 Å². The number of benzene rings is 1. The van der Waals surface area contributed by atoms with E-state index in [9.17, 15) is 0 Å². The molecule has 2 N–H and O–H groups in total. The lowest BCUT2D eigenvalue weighted by atomic mass is 10.1. The SMILES string of the molecule is CN=C(NCCCCCN1CCCCC1)NCc1ccc(C)cc1OC. The summed E-state index contributed by atoms with van der Waals surface area (Å²) in [7, 11) is 3.54. The van der Waals surface area contributed by atoms with Crippen LogP contribution < -0.4 is 15.4 Å². The summed E-state index contributed by atoms with van der Waals surface area (Å²) in [4.78, 5) is 6.93. The first-order chi connectivity index (χ1) is 12.7. The monoisotopic (exact) mass is 360 g/mol. The van der Waals surface area contributed by atoms with Gasteiger partial charge in [-0.15, -0.1) is 0 Å². The Morgan fingerprint density at radius 2 is 1.92 bits per heavy atom. The molecule has 0 aliphatic carbocycles. The molecule has 0 atom stereocenters. The van der Waals surface area contributed by atoms with E-state index in [4.69, 9.17) is 4.74 Å². The molecule has 0 saturated carbocycles. The zero-order chi connectivity index (χ0) is 18.6. The zero-order valence-corrected chi connectivity index (χ0v) is 16.8. The van der Waals surface area contributed by atoms with E-state index in [2.05, 4.69) is 45.6 Å². The molecule has 26 heavy (non-hydrogen) atoms. The molecule has 0 radical (unpaired) electrons. The third-order valence-corrected chi connectivity index (χ3v) is 5.00. The van der Waals surface area contributed by atoms with Crippen LogP contribution >= 0.6 is 0 Å². The number of rotatable bonds is 9.